The molecule has 0 radical (unpaired) electrons. The third-order valence-corrected chi connectivity index (χ3v) is 6.51. The number of benzene rings is 2. The smallest absolute Gasteiger partial charge is 0.253 e. The Morgan fingerprint density at radius 1 is 1.14 bits per heavy atom. The van der Waals surface area contributed by atoms with E-state index >= 15 is 0 Å². The molecule has 0 saturated carbocycles. The first-order valence-corrected chi connectivity index (χ1v) is 11.4. The Bertz CT molecular complexity index is 912. The lowest BCUT2D eigenvalue weighted by atomic mass is 9.98. The summed E-state index contributed by atoms with van der Waals surface area (Å²) in [5.74, 6) is 1.04. The minimum absolute atomic E-state index is 0.0739. The van der Waals surface area contributed by atoms with Crippen molar-refractivity contribution in [3.8, 4) is 5.75 Å². The van der Waals surface area contributed by atoms with Gasteiger partial charge in [0.2, 0.25) is 10.0 Å². The fourth-order valence-electron chi connectivity index (χ4n) is 3.45. The van der Waals surface area contributed by atoms with Crippen LogP contribution in [0.15, 0.2) is 59.5 Å². The van der Waals surface area contributed by atoms with Crippen LogP contribution >= 0.6 is 0 Å². The molecule has 1 aliphatic rings. The molecule has 1 N–H and O–H groups in total. The molecule has 7 heteroatoms. The van der Waals surface area contributed by atoms with Gasteiger partial charge in [0.15, 0.2) is 0 Å². The van der Waals surface area contributed by atoms with E-state index in [0.717, 1.165) is 18.6 Å². The molecule has 2 aromatic rings. The van der Waals surface area contributed by atoms with Gasteiger partial charge in [-0.2, -0.15) is 0 Å². The van der Waals surface area contributed by atoms with Gasteiger partial charge in [-0.25, -0.2) is 13.1 Å². The van der Waals surface area contributed by atoms with Crippen molar-refractivity contribution in [2.75, 3.05) is 19.7 Å². The van der Waals surface area contributed by atoms with Crippen LogP contribution < -0.4 is 9.46 Å². The van der Waals surface area contributed by atoms with E-state index in [1.165, 1.54) is 12.1 Å². The number of hydrogen-bond acceptors (Lipinski definition) is 4. The third-order valence-electron chi connectivity index (χ3n) is 4.84. The van der Waals surface area contributed by atoms with Gasteiger partial charge in [-0.05, 0) is 63.1 Å². The number of nitrogens with zero attached hydrogens (tertiary/aromatic N) is 1. The molecule has 0 aliphatic carbocycles. The summed E-state index contributed by atoms with van der Waals surface area (Å²) in [5.41, 5.74) is 0.498. The second-order valence-electron chi connectivity index (χ2n) is 7.68. The van der Waals surface area contributed by atoms with Crippen molar-refractivity contribution >= 4 is 15.9 Å². The van der Waals surface area contributed by atoms with Crippen molar-refractivity contribution in [3.63, 3.8) is 0 Å². The lowest BCUT2D eigenvalue weighted by Gasteiger charge is -2.32. The fraction of sp³-hybridized carbons (Fsp3) is 0.409. The summed E-state index contributed by atoms with van der Waals surface area (Å²) in [6.45, 7) is 5.45. The maximum atomic E-state index is 12.9. The topological polar surface area (TPSA) is 75.7 Å². The zero-order valence-electron chi connectivity index (χ0n) is 16.9. The van der Waals surface area contributed by atoms with E-state index in [-0.39, 0.29) is 22.8 Å². The summed E-state index contributed by atoms with van der Waals surface area (Å²) < 4.78 is 32.9. The Morgan fingerprint density at radius 2 is 1.83 bits per heavy atom. The number of piperidine rings is 1. The number of amides is 1. The van der Waals surface area contributed by atoms with Gasteiger partial charge in [0.05, 0.1) is 11.5 Å². The first-order valence-electron chi connectivity index (χ1n) is 9.94. The van der Waals surface area contributed by atoms with Gasteiger partial charge < -0.3 is 9.64 Å². The number of carbonyl (C=O) groups is 1. The Balaban J connectivity index is 1.60. The molecule has 29 heavy (non-hydrogen) atoms. The molecule has 1 atom stereocenters. The molecule has 156 valence electrons. The van der Waals surface area contributed by atoms with Crippen LogP contribution in [0.4, 0.5) is 0 Å². The molecule has 1 heterocycles. The van der Waals surface area contributed by atoms with Crippen molar-refractivity contribution in [3.05, 3.63) is 60.2 Å². The zero-order chi connectivity index (χ0) is 20.9. The molecule has 0 aromatic heterocycles. The van der Waals surface area contributed by atoms with Crippen LogP contribution in [0.2, 0.25) is 0 Å². The van der Waals surface area contributed by atoms with Crippen molar-refractivity contribution in [1.29, 1.82) is 0 Å². The van der Waals surface area contributed by atoms with Gasteiger partial charge in [-0.3, -0.25) is 4.79 Å². The van der Waals surface area contributed by atoms with E-state index in [0.29, 0.717) is 25.3 Å². The number of ether oxygens (including phenoxy) is 1. The number of carbonyl (C=O) groups excluding carboxylic acids is 1. The molecular formula is C22H28N2O4S. The van der Waals surface area contributed by atoms with Gasteiger partial charge in [0, 0.05) is 30.6 Å². The van der Waals surface area contributed by atoms with Gasteiger partial charge >= 0.3 is 0 Å². The molecule has 1 amide bonds. The minimum atomic E-state index is -3.56. The van der Waals surface area contributed by atoms with Crippen LogP contribution in [0.3, 0.4) is 0 Å². The molecule has 0 bridgehead atoms. The highest BCUT2D eigenvalue weighted by atomic mass is 32.2. The van der Waals surface area contributed by atoms with E-state index < -0.39 is 10.0 Å². The average molecular weight is 417 g/mol. The van der Waals surface area contributed by atoms with Gasteiger partial charge in [-0.1, -0.05) is 18.2 Å². The van der Waals surface area contributed by atoms with Gasteiger partial charge in [0.1, 0.15) is 5.75 Å². The normalized spacial score (nSPS) is 17.3. The van der Waals surface area contributed by atoms with Gasteiger partial charge in [-0.15, -0.1) is 0 Å². The molecular weight excluding hydrogens is 388 g/mol. The molecule has 3 rings (SSSR count). The number of nitrogens with one attached hydrogen (secondary N) is 1. The van der Waals surface area contributed by atoms with Crippen LogP contribution in [0.5, 0.6) is 5.75 Å². The molecule has 6 nitrogen and oxygen atoms in total. The van der Waals surface area contributed by atoms with Crippen LogP contribution in [-0.4, -0.2) is 45.0 Å². The predicted octanol–water partition coefficient (Wildman–Crippen LogP) is 3.30. The molecule has 1 aliphatic heterocycles. The highest BCUT2D eigenvalue weighted by Gasteiger charge is 2.25. The van der Waals surface area contributed by atoms with Crippen LogP contribution in [-0.2, 0) is 10.0 Å². The third kappa shape index (κ3) is 5.81. The van der Waals surface area contributed by atoms with E-state index in [2.05, 4.69) is 4.72 Å². The average Bonchev–Trinajstić information content (AvgIpc) is 2.72. The van der Waals surface area contributed by atoms with Crippen LogP contribution in [0.25, 0.3) is 0 Å². The van der Waals surface area contributed by atoms with Crippen molar-refractivity contribution in [2.24, 2.45) is 5.92 Å². The van der Waals surface area contributed by atoms with E-state index in [1.807, 2.05) is 35.2 Å². The lowest BCUT2D eigenvalue weighted by Crippen LogP contribution is -2.41. The molecule has 2 aromatic carbocycles. The Morgan fingerprint density at radius 3 is 2.48 bits per heavy atom. The highest BCUT2D eigenvalue weighted by Crippen LogP contribution is 2.21. The molecule has 1 unspecified atom stereocenters. The Labute approximate surface area is 172 Å². The summed E-state index contributed by atoms with van der Waals surface area (Å²) in [6, 6.07) is 15.6. The number of likely N-dealkylation sites (tertiary alicyclic amines) is 1. The predicted molar refractivity (Wildman–Crippen MR) is 112 cm³/mol. The highest BCUT2D eigenvalue weighted by molar-refractivity contribution is 7.89. The second-order valence-corrected chi connectivity index (χ2v) is 9.40. The standard InChI is InChI=1S/C22H28N2O4S/c1-17(2)23-29(26,27)21-12-10-19(11-13-21)22(25)24-14-6-7-18(15-24)16-28-20-8-4-3-5-9-20/h3-5,8-13,17-18,23H,6-7,14-16H2,1-2H3. The number of hydrogen-bond donors (Lipinski definition) is 1. The maximum absolute atomic E-state index is 12.9. The monoisotopic (exact) mass is 416 g/mol. The Hall–Kier alpha value is -2.38. The summed E-state index contributed by atoms with van der Waals surface area (Å²) in [4.78, 5) is 14.9. The van der Waals surface area contributed by atoms with E-state index in [9.17, 15) is 13.2 Å². The SMILES string of the molecule is CC(C)NS(=O)(=O)c1ccc(C(=O)N2CCCC(COc3ccccc3)C2)cc1. The van der Waals surface area contributed by atoms with Crippen molar-refractivity contribution in [1.82, 2.24) is 9.62 Å². The first-order chi connectivity index (χ1) is 13.8. The zero-order valence-corrected chi connectivity index (χ0v) is 17.7. The summed E-state index contributed by atoms with van der Waals surface area (Å²) in [5, 5.41) is 0. The fourth-order valence-corrected chi connectivity index (χ4v) is 4.71. The number of para-hydroxylation sites is 1. The minimum Gasteiger partial charge on any atom is -0.493 e. The van der Waals surface area contributed by atoms with Crippen LogP contribution in [0.1, 0.15) is 37.0 Å². The quantitative estimate of drug-likeness (QED) is 0.751. The van der Waals surface area contributed by atoms with E-state index in [4.69, 9.17) is 4.74 Å². The molecule has 1 fully saturated rings. The second kappa shape index (κ2) is 9.41. The number of sulfonamides is 1. The largest absolute Gasteiger partial charge is 0.493 e. The van der Waals surface area contributed by atoms with Gasteiger partial charge in [0.25, 0.3) is 5.91 Å². The molecule has 1 saturated heterocycles. The number of rotatable bonds is 7. The van der Waals surface area contributed by atoms with Crippen molar-refractivity contribution in [2.45, 2.75) is 37.6 Å². The maximum Gasteiger partial charge on any atom is 0.253 e. The van der Waals surface area contributed by atoms with E-state index in [1.54, 1.807) is 26.0 Å². The molecule has 0 spiro atoms. The van der Waals surface area contributed by atoms with Crippen molar-refractivity contribution < 1.29 is 17.9 Å². The first kappa shape index (κ1) is 21.3. The van der Waals surface area contributed by atoms with Crippen LogP contribution in [0, 0.1) is 5.92 Å². The summed E-state index contributed by atoms with van der Waals surface area (Å²) >= 11 is 0. The summed E-state index contributed by atoms with van der Waals surface area (Å²) in [6.07, 6.45) is 1.95. The lowest BCUT2D eigenvalue weighted by molar-refractivity contribution is 0.0633. The summed E-state index contributed by atoms with van der Waals surface area (Å²) in [7, 11) is -3.56. The Kier molecular flexibility index (Phi) is 6.92.